The number of carboxylic acid groups (broad SMARTS) is 1. The van der Waals surface area contributed by atoms with E-state index in [1.165, 1.54) is 0 Å². The van der Waals surface area contributed by atoms with E-state index in [0.29, 0.717) is 24.3 Å². The molecule has 2 N–H and O–H groups in total. The van der Waals surface area contributed by atoms with E-state index in [1.807, 2.05) is 49.7 Å². The molecule has 0 spiro atoms. The molecule has 0 saturated heterocycles. The minimum atomic E-state index is -1.02. The van der Waals surface area contributed by atoms with Gasteiger partial charge in [0.1, 0.15) is 17.1 Å². The Bertz CT molecular complexity index is 998. The van der Waals surface area contributed by atoms with Gasteiger partial charge in [0.2, 0.25) is 0 Å². The molecule has 0 saturated carbocycles. The van der Waals surface area contributed by atoms with Gasteiger partial charge in [-0.05, 0) is 50.1 Å². The molecule has 152 valence electrons. The lowest BCUT2D eigenvalue weighted by atomic mass is 10.1. The highest BCUT2D eigenvalue weighted by Gasteiger charge is 2.19. The maximum atomic E-state index is 12.7. The molecule has 0 aliphatic heterocycles. The number of ether oxygens (including phenoxy) is 1. The summed E-state index contributed by atoms with van der Waals surface area (Å²) < 4.78 is 8.82. The summed E-state index contributed by atoms with van der Waals surface area (Å²) in [5.74, 6) is 0.0407. The van der Waals surface area contributed by atoms with E-state index in [4.69, 9.17) is 9.84 Å². The summed E-state index contributed by atoms with van der Waals surface area (Å²) in [5, 5.41) is 15.8. The first kappa shape index (κ1) is 20.2. The second-order valence-corrected chi connectivity index (χ2v) is 6.79. The number of nitrogens with zero attached hydrogens (tertiary/aromatic N) is 3. The number of carboxylic acids is 1. The predicted octanol–water partition coefficient (Wildman–Crippen LogP) is 2.26. The van der Waals surface area contributed by atoms with Crippen molar-refractivity contribution in [2.75, 3.05) is 13.2 Å². The van der Waals surface area contributed by atoms with Crippen LogP contribution in [0.3, 0.4) is 0 Å². The summed E-state index contributed by atoms with van der Waals surface area (Å²) in [4.78, 5) is 23.3. The zero-order valence-electron chi connectivity index (χ0n) is 16.7. The van der Waals surface area contributed by atoms with Gasteiger partial charge in [0, 0.05) is 25.0 Å². The molecule has 0 aliphatic rings. The van der Waals surface area contributed by atoms with Crippen LogP contribution in [-0.4, -0.2) is 44.5 Å². The Labute approximate surface area is 168 Å². The molecule has 3 rings (SSSR count). The van der Waals surface area contributed by atoms with Gasteiger partial charge in [0.05, 0.1) is 6.20 Å². The average Bonchev–Trinajstić information content (AvgIpc) is 3.22. The molecule has 8 heteroatoms. The smallest absolute Gasteiger partial charge is 0.341 e. The van der Waals surface area contributed by atoms with Gasteiger partial charge in [0.15, 0.2) is 6.61 Å². The van der Waals surface area contributed by atoms with Gasteiger partial charge in [-0.25, -0.2) is 4.79 Å². The minimum absolute atomic E-state index is 0.179. The van der Waals surface area contributed by atoms with Gasteiger partial charge in [0.25, 0.3) is 5.91 Å². The third-order valence-electron chi connectivity index (χ3n) is 4.62. The second-order valence-electron chi connectivity index (χ2n) is 6.79. The Morgan fingerprint density at radius 2 is 1.76 bits per heavy atom. The Morgan fingerprint density at radius 3 is 2.38 bits per heavy atom. The molecule has 2 heterocycles. The van der Waals surface area contributed by atoms with Crippen molar-refractivity contribution in [2.45, 2.75) is 20.3 Å². The minimum Gasteiger partial charge on any atom is -0.482 e. The monoisotopic (exact) mass is 396 g/mol. The van der Waals surface area contributed by atoms with Crippen molar-refractivity contribution >= 4 is 11.9 Å². The average molecular weight is 396 g/mol. The molecule has 1 aromatic carbocycles. The number of aryl methyl sites for hydroxylation is 3. The maximum absolute atomic E-state index is 12.7. The molecule has 3 aromatic rings. The number of benzene rings is 1. The van der Waals surface area contributed by atoms with E-state index in [9.17, 15) is 9.59 Å². The van der Waals surface area contributed by atoms with Gasteiger partial charge in [-0.3, -0.25) is 9.48 Å². The van der Waals surface area contributed by atoms with Crippen LogP contribution >= 0.6 is 0 Å². The van der Waals surface area contributed by atoms with E-state index in [1.54, 1.807) is 23.0 Å². The molecular weight excluding hydrogens is 372 g/mol. The zero-order valence-corrected chi connectivity index (χ0v) is 16.7. The predicted molar refractivity (Wildman–Crippen MR) is 108 cm³/mol. The SMILES string of the molecule is Cc1ccc(C)n1-c1c(C(=O)NCCc2ccc(OCC(=O)O)cc2)cnn1C. The second kappa shape index (κ2) is 8.64. The Balaban J connectivity index is 1.62. The van der Waals surface area contributed by atoms with Crippen LogP contribution in [0.25, 0.3) is 5.82 Å². The highest BCUT2D eigenvalue weighted by molar-refractivity contribution is 5.97. The molecule has 0 atom stereocenters. The van der Waals surface area contributed by atoms with Crippen LogP contribution in [0.1, 0.15) is 27.3 Å². The van der Waals surface area contributed by atoms with Crippen LogP contribution in [-0.2, 0) is 18.3 Å². The summed E-state index contributed by atoms with van der Waals surface area (Å²) in [6.07, 6.45) is 2.22. The van der Waals surface area contributed by atoms with Crippen LogP contribution in [0, 0.1) is 13.8 Å². The van der Waals surface area contributed by atoms with Crippen molar-refractivity contribution < 1.29 is 19.4 Å². The summed E-state index contributed by atoms with van der Waals surface area (Å²) in [5.41, 5.74) is 3.60. The molecule has 0 unspecified atom stereocenters. The van der Waals surface area contributed by atoms with Crippen molar-refractivity contribution in [1.82, 2.24) is 19.7 Å². The number of hydrogen-bond acceptors (Lipinski definition) is 4. The lowest BCUT2D eigenvalue weighted by Gasteiger charge is -2.12. The lowest BCUT2D eigenvalue weighted by molar-refractivity contribution is -0.139. The van der Waals surface area contributed by atoms with Gasteiger partial charge in [-0.15, -0.1) is 0 Å². The van der Waals surface area contributed by atoms with Crippen molar-refractivity contribution in [3.05, 3.63) is 65.1 Å². The van der Waals surface area contributed by atoms with Crippen LogP contribution in [0.2, 0.25) is 0 Å². The molecule has 0 aliphatic carbocycles. The van der Waals surface area contributed by atoms with Crippen molar-refractivity contribution in [3.63, 3.8) is 0 Å². The number of hydrogen-bond donors (Lipinski definition) is 2. The van der Waals surface area contributed by atoms with Crippen molar-refractivity contribution in [1.29, 1.82) is 0 Å². The van der Waals surface area contributed by atoms with Crippen molar-refractivity contribution in [2.24, 2.45) is 7.05 Å². The number of carbonyl (C=O) groups excluding carboxylic acids is 1. The van der Waals surface area contributed by atoms with Crippen LogP contribution in [0.15, 0.2) is 42.6 Å². The number of nitrogens with one attached hydrogen (secondary N) is 1. The number of amides is 1. The molecule has 0 fully saturated rings. The molecular formula is C21H24N4O4. The quantitative estimate of drug-likeness (QED) is 0.609. The van der Waals surface area contributed by atoms with Crippen LogP contribution in [0.5, 0.6) is 5.75 Å². The normalized spacial score (nSPS) is 10.7. The van der Waals surface area contributed by atoms with Crippen LogP contribution in [0.4, 0.5) is 0 Å². The van der Waals surface area contributed by atoms with E-state index in [0.717, 1.165) is 22.8 Å². The third kappa shape index (κ3) is 4.66. The van der Waals surface area contributed by atoms with E-state index in [2.05, 4.69) is 10.4 Å². The van der Waals surface area contributed by atoms with Crippen LogP contribution < -0.4 is 10.1 Å². The number of aromatic nitrogens is 3. The molecule has 2 aromatic heterocycles. The van der Waals surface area contributed by atoms with E-state index < -0.39 is 5.97 Å². The zero-order chi connectivity index (χ0) is 21.0. The topological polar surface area (TPSA) is 98.4 Å². The fraction of sp³-hybridized carbons (Fsp3) is 0.286. The third-order valence-corrected chi connectivity index (χ3v) is 4.62. The van der Waals surface area contributed by atoms with Gasteiger partial charge in [-0.2, -0.15) is 5.10 Å². The Hall–Kier alpha value is -3.55. The Morgan fingerprint density at radius 1 is 1.10 bits per heavy atom. The first-order chi connectivity index (χ1) is 13.9. The van der Waals surface area contributed by atoms with Gasteiger partial charge >= 0.3 is 5.97 Å². The molecule has 1 amide bonds. The number of carbonyl (C=O) groups is 2. The van der Waals surface area contributed by atoms with Gasteiger partial charge < -0.3 is 19.7 Å². The highest BCUT2D eigenvalue weighted by Crippen LogP contribution is 2.20. The first-order valence-corrected chi connectivity index (χ1v) is 9.26. The van der Waals surface area contributed by atoms with Crippen molar-refractivity contribution in [3.8, 4) is 11.6 Å². The molecule has 0 bridgehead atoms. The summed E-state index contributed by atoms with van der Waals surface area (Å²) >= 11 is 0. The molecule has 8 nitrogen and oxygen atoms in total. The van der Waals surface area contributed by atoms with E-state index in [-0.39, 0.29) is 12.5 Å². The fourth-order valence-electron chi connectivity index (χ4n) is 3.17. The summed E-state index contributed by atoms with van der Waals surface area (Å²) in [6, 6.07) is 11.2. The lowest BCUT2D eigenvalue weighted by Crippen LogP contribution is -2.27. The summed E-state index contributed by atoms with van der Waals surface area (Å²) in [6.45, 7) is 4.08. The Kier molecular flexibility index (Phi) is 6.01. The number of aliphatic carboxylic acids is 1. The standard InChI is InChI=1S/C21H24N4O4/c1-14-4-5-15(2)25(14)21-18(12-23-24(21)3)20(28)22-11-10-16-6-8-17(9-7-16)29-13-19(26)27/h4-9,12H,10-11,13H2,1-3H3,(H,22,28)(H,26,27). The maximum Gasteiger partial charge on any atom is 0.341 e. The summed E-state index contributed by atoms with van der Waals surface area (Å²) in [7, 11) is 1.82. The first-order valence-electron chi connectivity index (χ1n) is 9.26. The molecule has 0 radical (unpaired) electrons. The highest BCUT2D eigenvalue weighted by atomic mass is 16.5. The fourth-order valence-corrected chi connectivity index (χ4v) is 3.17. The van der Waals surface area contributed by atoms with E-state index >= 15 is 0 Å². The molecule has 29 heavy (non-hydrogen) atoms. The largest absolute Gasteiger partial charge is 0.482 e. The van der Waals surface area contributed by atoms with Gasteiger partial charge in [-0.1, -0.05) is 12.1 Å². The number of rotatable bonds is 8.